The van der Waals surface area contributed by atoms with Gasteiger partial charge in [0, 0.05) is 45.0 Å². The maximum Gasteiger partial charge on any atom is 0.317 e. The van der Waals surface area contributed by atoms with Crippen molar-refractivity contribution in [1.29, 1.82) is 0 Å². The minimum absolute atomic E-state index is 0.00663. The number of likely N-dealkylation sites (tertiary alicyclic amines) is 1. The third-order valence-corrected chi connectivity index (χ3v) is 4.50. The highest BCUT2D eigenvalue weighted by Crippen LogP contribution is 2.20. The van der Waals surface area contributed by atoms with Crippen LogP contribution in [0.25, 0.3) is 0 Å². The predicted octanol–water partition coefficient (Wildman–Crippen LogP) is 1.06. The number of nitrogens with one attached hydrogen (secondary N) is 1. The molecule has 1 aliphatic heterocycles. The Labute approximate surface area is 141 Å². The van der Waals surface area contributed by atoms with Gasteiger partial charge in [0.15, 0.2) is 0 Å². The van der Waals surface area contributed by atoms with Crippen LogP contribution in [0.4, 0.5) is 4.79 Å². The van der Waals surface area contributed by atoms with Gasteiger partial charge in [0.1, 0.15) is 18.5 Å². The molecule has 2 aromatic heterocycles. The van der Waals surface area contributed by atoms with Gasteiger partial charge in [-0.2, -0.15) is 5.10 Å². The summed E-state index contributed by atoms with van der Waals surface area (Å²) >= 11 is 0. The second-order valence-corrected chi connectivity index (χ2v) is 6.58. The zero-order valence-corrected chi connectivity index (χ0v) is 14.3. The summed E-state index contributed by atoms with van der Waals surface area (Å²) in [7, 11) is 2.02. The number of aryl methyl sites for hydroxylation is 1. The molecule has 2 aromatic rings. The molecular formula is C16H25N7O. The Morgan fingerprint density at radius 1 is 1.50 bits per heavy atom. The number of hydrogen-bond acceptors (Lipinski definition) is 4. The molecule has 2 atom stereocenters. The Kier molecular flexibility index (Phi) is 5.12. The van der Waals surface area contributed by atoms with Crippen molar-refractivity contribution < 1.29 is 4.79 Å². The van der Waals surface area contributed by atoms with Crippen LogP contribution in [-0.2, 0) is 20.0 Å². The van der Waals surface area contributed by atoms with Gasteiger partial charge in [0.25, 0.3) is 0 Å². The minimum atomic E-state index is 0.00663. The van der Waals surface area contributed by atoms with E-state index in [2.05, 4.69) is 25.0 Å². The summed E-state index contributed by atoms with van der Waals surface area (Å²) in [6.45, 7) is 4.21. The average Bonchev–Trinajstić information content (AvgIpc) is 3.20. The molecule has 130 valence electrons. The predicted molar refractivity (Wildman–Crippen MR) is 89.2 cm³/mol. The fourth-order valence-electron chi connectivity index (χ4n) is 3.22. The zero-order chi connectivity index (χ0) is 16.9. The van der Waals surface area contributed by atoms with Crippen molar-refractivity contribution in [2.45, 2.75) is 38.8 Å². The maximum atomic E-state index is 12.5. The van der Waals surface area contributed by atoms with Gasteiger partial charge in [-0.3, -0.25) is 4.68 Å². The van der Waals surface area contributed by atoms with Crippen molar-refractivity contribution >= 4 is 6.03 Å². The van der Waals surface area contributed by atoms with Crippen LogP contribution >= 0.6 is 0 Å². The highest BCUT2D eigenvalue weighted by Gasteiger charge is 2.25. The van der Waals surface area contributed by atoms with Gasteiger partial charge in [-0.05, 0) is 25.7 Å². The first-order valence-electron chi connectivity index (χ1n) is 8.46. The van der Waals surface area contributed by atoms with Gasteiger partial charge in [0.05, 0.1) is 6.54 Å². The molecule has 24 heavy (non-hydrogen) atoms. The van der Waals surface area contributed by atoms with Crippen molar-refractivity contribution in [3.05, 3.63) is 30.9 Å². The van der Waals surface area contributed by atoms with E-state index in [0.717, 1.165) is 38.2 Å². The highest BCUT2D eigenvalue weighted by atomic mass is 16.2. The van der Waals surface area contributed by atoms with Crippen LogP contribution in [0.2, 0.25) is 0 Å². The van der Waals surface area contributed by atoms with Crippen molar-refractivity contribution in [1.82, 2.24) is 34.5 Å². The van der Waals surface area contributed by atoms with Crippen molar-refractivity contribution in [2.24, 2.45) is 13.0 Å². The van der Waals surface area contributed by atoms with E-state index < -0.39 is 0 Å². The van der Waals surface area contributed by atoms with Crippen molar-refractivity contribution in [3.63, 3.8) is 0 Å². The van der Waals surface area contributed by atoms with E-state index in [1.165, 1.54) is 6.33 Å². The lowest BCUT2D eigenvalue weighted by atomic mass is 9.94. The first kappa shape index (κ1) is 16.5. The van der Waals surface area contributed by atoms with E-state index in [1.54, 1.807) is 11.0 Å². The zero-order valence-electron chi connectivity index (χ0n) is 14.3. The van der Waals surface area contributed by atoms with Crippen LogP contribution in [0.15, 0.2) is 25.0 Å². The molecule has 0 bridgehead atoms. The largest absolute Gasteiger partial charge is 0.338 e. The summed E-state index contributed by atoms with van der Waals surface area (Å²) in [5, 5.41) is 7.13. The summed E-state index contributed by atoms with van der Waals surface area (Å²) in [5.41, 5.74) is 0. The molecule has 1 saturated heterocycles. The first-order valence-corrected chi connectivity index (χ1v) is 8.46. The molecule has 1 aliphatic rings. The van der Waals surface area contributed by atoms with E-state index in [4.69, 9.17) is 0 Å². The van der Waals surface area contributed by atoms with Crippen LogP contribution in [0.5, 0.6) is 0 Å². The molecule has 0 unspecified atom stereocenters. The molecule has 3 rings (SSSR count). The summed E-state index contributed by atoms with van der Waals surface area (Å²) in [5.74, 6) is 1.55. The number of imidazole rings is 1. The maximum absolute atomic E-state index is 12.5. The monoisotopic (exact) mass is 331 g/mol. The van der Waals surface area contributed by atoms with Gasteiger partial charge in [-0.1, -0.05) is 0 Å². The molecule has 1 fully saturated rings. The van der Waals surface area contributed by atoms with Crippen LogP contribution in [0.1, 0.15) is 25.6 Å². The second-order valence-electron chi connectivity index (χ2n) is 6.58. The lowest BCUT2D eigenvalue weighted by Crippen LogP contribution is -2.49. The fraction of sp³-hybridized carbons (Fsp3) is 0.625. The summed E-state index contributed by atoms with van der Waals surface area (Å²) < 4.78 is 3.78. The number of carbonyl (C=O) groups excluding carboxylic acids is 1. The van der Waals surface area contributed by atoms with Gasteiger partial charge in [-0.15, -0.1) is 0 Å². The standard InChI is InChI=1S/C16H25N7O/c1-13(9-23-12-17-11-19-23)20-16(24)22-6-3-4-14(10-22)8-15-18-5-7-21(15)2/h5,7,11-14H,3-4,6,8-10H2,1-2H3,(H,20,24)/t13-,14-/m0/s1. The van der Waals surface area contributed by atoms with E-state index in [1.807, 2.05) is 31.3 Å². The Balaban J connectivity index is 1.50. The van der Waals surface area contributed by atoms with Crippen molar-refractivity contribution in [2.75, 3.05) is 13.1 Å². The van der Waals surface area contributed by atoms with Crippen LogP contribution in [-0.4, -0.2) is 54.4 Å². The quantitative estimate of drug-likeness (QED) is 0.888. The first-order chi connectivity index (χ1) is 11.6. The van der Waals surface area contributed by atoms with E-state index in [-0.39, 0.29) is 12.1 Å². The molecule has 0 saturated carbocycles. The molecule has 0 spiro atoms. The van der Waals surface area contributed by atoms with Gasteiger partial charge in [-0.25, -0.2) is 14.8 Å². The molecule has 2 amide bonds. The molecule has 0 radical (unpaired) electrons. The van der Waals surface area contributed by atoms with Gasteiger partial charge in [0.2, 0.25) is 0 Å². The Morgan fingerprint density at radius 2 is 2.38 bits per heavy atom. The molecule has 8 nitrogen and oxygen atoms in total. The molecule has 1 N–H and O–H groups in total. The summed E-state index contributed by atoms with van der Waals surface area (Å²) in [4.78, 5) is 22.7. The fourth-order valence-corrected chi connectivity index (χ4v) is 3.22. The lowest BCUT2D eigenvalue weighted by molar-refractivity contribution is 0.160. The average molecular weight is 331 g/mol. The van der Waals surface area contributed by atoms with E-state index in [0.29, 0.717) is 12.5 Å². The van der Waals surface area contributed by atoms with Crippen LogP contribution < -0.4 is 5.32 Å². The third-order valence-electron chi connectivity index (χ3n) is 4.50. The number of hydrogen-bond donors (Lipinski definition) is 1. The smallest absolute Gasteiger partial charge is 0.317 e. The SMILES string of the molecule is C[C@@H](Cn1cncn1)NC(=O)N1CCC[C@@H](Cc2nccn2C)C1. The van der Waals surface area contributed by atoms with Gasteiger partial charge < -0.3 is 14.8 Å². The Morgan fingerprint density at radius 3 is 3.08 bits per heavy atom. The second kappa shape index (κ2) is 7.46. The number of urea groups is 1. The topological polar surface area (TPSA) is 80.9 Å². The Hall–Kier alpha value is -2.38. The minimum Gasteiger partial charge on any atom is -0.338 e. The summed E-state index contributed by atoms with van der Waals surface area (Å²) in [6, 6.07) is 0.0151. The molecular weight excluding hydrogens is 306 g/mol. The normalized spacial score (nSPS) is 19.2. The van der Waals surface area contributed by atoms with Crippen LogP contribution in [0, 0.1) is 5.92 Å². The summed E-state index contributed by atoms with van der Waals surface area (Å²) in [6.07, 6.45) is 10.1. The third kappa shape index (κ3) is 4.12. The van der Waals surface area contributed by atoms with E-state index >= 15 is 0 Å². The highest BCUT2D eigenvalue weighted by molar-refractivity contribution is 5.74. The van der Waals surface area contributed by atoms with E-state index in [9.17, 15) is 4.79 Å². The number of carbonyl (C=O) groups is 1. The number of amides is 2. The molecule has 3 heterocycles. The number of piperidine rings is 1. The van der Waals surface area contributed by atoms with Crippen molar-refractivity contribution in [3.8, 4) is 0 Å². The molecule has 8 heteroatoms. The molecule has 0 aliphatic carbocycles. The lowest BCUT2D eigenvalue weighted by Gasteiger charge is -2.33. The van der Waals surface area contributed by atoms with Gasteiger partial charge >= 0.3 is 6.03 Å². The number of nitrogens with zero attached hydrogens (tertiary/aromatic N) is 6. The number of aromatic nitrogens is 5. The molecule has 0 aromatic carbocycles. The number of rotatable bonds is 5. The Bertz CT molecular complexity index is 651. The van der Waals surface area contributed by atoms with Crippen LogP contribution in [0.3, 0.4) is 0 Å².